The summed E-state index contributed by atoms with van der Waals surface area (Å²) in [6, 6.07) is 8.61. The molecule has 3 atom stereocenters. The molecule has 0 amide bonds. The molecule has 118 valence electrons. The van der Waals surface area contributed by atoms with Gasteiger partial charge in [-0.3, -0.25) is 0 Å². The van der Waals surface area contributed by atoms with E-state index in [1.807, 2.05) is 0 Å². The second kappa shape index (κ2) is 8.55. The normalized spacial score (nSPS) is 24.8. The third-order valence-electron chi connectivity index (χ3n) is 4.70. The molecule has 2 rings (SSSR count). The van der Waals surface area contributed by atoms with Crippen LogP contribution in [0.25, 0.3) is 0 Å². The lowest BCUT2D eigenvalue weighted by Gasteiger charge is -2.34. The zero-order chi connectivity index (χ0) is 15.1. The van der Waals surface area contributed by atoms with Gasteiger partial charge >= 0.3 is 0 Å². The maximum Gasteiger partial charge on any atom is 0.0773 e. The van der Waals surface area contributed by atoms with Crippen LogP contribution in [0.2, 0.25) is 0 Å². The van der Waals surface area contributed by atoms with E-state index in [0.717, 1.165) is 13.0 Å². The summed E-state index contributed by atoms with van der Waals surface area (Å²) in [6.07, 6.45) is 9.07. The highest BCUT2D eigenvalue weighted by atomic mass is 16.5. The molecule has 0 heterocycles. The first kappa shape index (κ1) is 16.5. The van der Waals surface area contributed by atoms with Gasteiger partial charge in [0, 0.05) is 6.61 Å². The maximum atomic E-state index is 6.41. The quantitative estimate of drug-likeness (QED) is 0.688. The van der Waals surface area contributed by atoms with Crippen molar-refractivity contribution in [2.24, 2.45) is 5.73 Å². The van der Waals surface area contributed by atoms with Crippen LogP contribution in [-0.4, -0.2) is 12.7 Å². The van der Waals surface area contributed by atoms with Crippen LogP contribution >= 0.6 is 0 Å². The van der Waals surface area contributed by atoms with Gasteiger partial charge in [0.2, 0.25) is 0 Å². The highest BCUT2D eigenvalue weighted by molar-refractivity contribution is 5.35. The summed E-state index contributed by atoms with van der Waals surface area (Å²) >= 11 is 0. The van der Waals surface area contributed by atoms with E-state index in [-0.39, 0.29) is 12.1 Å². The van der Waals surface area contributed by atoms with Crippen LogP contribution in [0.15, 0.2) is 24.3 Å². The zero-order valence-electron chi connectivity index (χ0n) is 13.7. The van der Waals surface area contributed by atoms with Crippen LogP contribution in [0.5, 0.6) is 0 Å². The fraction of sp³-hybridized carbons (Fsp3) is 0.684. The van der Waals surface area contributed by atoms with Crippen molar-refractivity contribution in [1.29, 1.82) is 0 Å². The molecule has 1 aromatic rings. The lowest BCUT2D eigenvalue weighted by atomic mass is 9.79. The highest BCUT2D eigenvalue weighted by Crippen LogP contribution is 2.37. The fourth-order valence-corrected chi connectivity index (χ4v) is 3.37. The van der Waals surface area contributed by atoms with Gasteiger partial charge in [0.15, 0.2) is 0 Å². The SMILES string of the molecule is CCCCCCCCOC1CC(C)c2ccccc2C1N. The van der Waals surface area contributed by atoms with E-state index in [4.69, 9.17) is 10.5 Å². The number of fused-ring (bicyclic) bond motifs is 1. The van der Waals surface area contributed by atoms with E-state index in [0.29, 0.717) is 5.92 Å². The van der Waals surface area contributed by atoms with E-state index >= 15 is 0 Å². The topological polar surface area (TPSA) is 35.2 Å². The Morgan fingerprint density at radius 1 is 1.05 bits per heavy atom. The molecule has 1 aromatic carbocycles. The molecule has 0 radical (unpaired) electrons. The lowest BCUT2D eigenvalue weighted by molar-refractivity contribution is 0.0182. The smallest absolute Gasteiger partial charge is 0.0773 e. The van der Waals surface area contributed by atoms with Crippen LogP contribution in [0.4, 0.5) is 0 Å². The summed E-state index contributed by atoms with van der Waals surface area (Å²) in [6.45, 7) is 5.40. The number of ether oxygens (including phenoxy) is 1. The van der Waals surface area contributed by atoms with Crippen molar-refractivity contribution in [1.82, 2.24) is 0 Å². The first-order chi connectivity index (χ1) is 10.2. The molecular weight excluding hydrogens is 258 g/mol. The Morgan fingerprint density at radius 3 is 2.48 bits per heavy atom. The minimum absolute atomic E-state index is 0.0393. The summed E-state index contributed by atoms with van der Waals surface area (Å²) in [5.74, 6) is 0.551. The molecule has 0 fully saturated rings. The Kier molecular flexibility index (Phi) is 6.72. The van der Waals surface area contributed by atoms with Crippen LogP contribution in [0.3, 0.4) is 0 Å². The average Bonchev–Trinajstić information content (AvgIpc) is 2.51. The van der Waals surface area contributed by atoms with E-state index in [1.54, 1.807) is 0 Å². The van der Waals surface area contributed by atoms with Crippen LogP contribution in [-0.2, 0) is 4.74 Å². The Bertz CT molecular complexity index is 418. The summed E-state index contributed by atoms with van der Waals surface area (Å²) in [5, 5.41) is 0. The molecule has 2 heteroatoms. The minimum atomic E-state index is 0.0393. The number of hydrogen-bond acceptors (Lipinski definition) is 2. The molecule has 0 saturated heterocycles. The largest absolute Gasteiger partial charge is 0.376 e. The van der Waals surface area contributed by atoms with E-state index < -0.39 is 0 Å². The molecule has 0 aromatic heterocycles. The van der Waals surface area contributed by atoms with Gasteiger partial charge in [-0.05, 0) is 29.9 Å². The number of hydrogen-bond donors (Lipinski definition) is 1. The summed E-state index contributed by atoms with van der Waals surface area (Å²) in [4.78, 5) is 0. The van der Waals surface area contributed by atoms with Gasteiger partial charge in [-0.1, -0.05) is 70.2 Å². The van der Waals surface area contributed by atoms with Crippen molar-refractivity contribution < 1.29 is 4.74 Å². The monoisotopic (exact) mass is 289 g/mol. The van der Waals surface area contributed by atoms with Crippen molar-refractivity contribution in [2.45, 2.75) is 76.9 Å². The van der Waals surface area contributed by atoms with Crippen LogP contribution < -0.4 is 5.73 Å². The second-order valence-corrected chi connectivity index (χ2v) is 6.47. The molecule has 3 unspecified atom stereocenters. The molecular formula is C19H31NO. The highest BCUT2D eigenvalue weighted by Gasteiger charge is 2.30. The summed E-state index contributed by atoms with van der Waals surface area (Å²) in [5.41, 5.74) is 9.10. The first-order valence-electron chi connectivity index (χ1n) is 8.70. The third-order valence-corrected chi connectivity index (χ3v) is 4.70. The van der Waals surface area contributed by atoms with Gasteiger partial charge in [-0.2, -0.15) is 0 Å². The molecule has 0 spiro atoms. The van der Waals surface area contributed by atoms with Gasteiger partial charge in [0.25, 0.3) is 0 Å². The van der Waals surface area contributed by atoms with Gasteiger partial charge in [-0.25, -0.2) is 0 Å². The van der Waals surface area contributed by atoms with Crippen molar-refractivity contribution in [3.8, 4) is 0 Å². The Balaban J connectivity index is 1.75. The fourth-order valence-electron chi connectivity index (χ4n) is 3.37. The van der Waals surface area contributed by atoms with E-state index in [2.05, 4.69) is 38.1 Å². The van der Waals surface area contributed by atoms with Gasteiger partial charge in [0.1, 0.15) is 0 Å². The molecule has 0 saturated carbocycles. The predicted octanol–water partition coefficient (Wildman–Crippen LogP) is 4.94. The number of nitrogens with two attached hydrogens (primary N) is 1. The van der Waals surface area contributed by atoms with E-state index in [9.17, 15) is 0 Å². The van der Waals surface area contributed by atoms with Crippen molar-refractivity contribution >= 4 is 0 Å². The van der Waals surface area contributed by atoms with Gasteiger partial charge in [-0.15, -0.1) is 0 Å². The average molecular weight is 289 g/mol. The van der Waals surface area contributed by atoms with E-state index in [1.165, 1.54) is 49.7 Å². The Morgan fingerprint density at radius 2 is 1.71 bits per heavy atom. The van der Waals surface area contributed by atoms with Gasteiger partial charge < -0.3 is 10.5 Å². The molecule has 2 N–H and O–H groups in total. The molecule has 0 bridgehead atoms. The molecule has 2 nitrogen and oxygen atoms in total. The summed E-state index contributed by atoms with van der Waals surface area (Å²) < 4.78 is 6.10. The maximum absolute atomic E-state index is 6.41. The second-order valence-electron chi connectivity index (χ2n) is 6.47. The summed E-state index contributed by atoms with van der Waals surface area (Å²) in [7, 11) is 0. The number of unbranched alkanes of at least 4 members (excludes halogenated alkanes) is 5. The molecule has 0 aliphatic heterocycles. The standard InChI is InChI=1S/C19H31NO/c1-3-4-5-6-7-10-13-21-18-14-15(2)16-11-8-9-12-17(16)19(18)20/h8-9,11-12,15,18-19H,3-7,10,13-14,20H2,1-2H3. The Labute approximate surface area is 130 Å². The Hall–Kier alpha value is -0.860. The van der Waals surface area contributed by atoms with Crippen LogP contribution in [0.1, 0.15) is 81.9 Å². The first-order valence-corrected chi connectivity index (χ1v) is 8.70. The zero-order valence-corrected chi connectivity index (χ0v) is 13.7. The molecule has 1 aliphatic rings. The van der Waals surface area contributed by atoms with Crippen molar-refractivity contribution in [3.63, 3.8) is 0 Å². The van der Waals surface area contributed by atoms with Gasteiger partial charge in [0.05, 0.1) is 12.1 Å². The van der Waals surface area contributed by atoms with Crippen molar-refractivity contribution in [3.05, 3.63) is 35.4 Å². The minimum Gasteiger partial charge on any atom is -0.376 e. The number of benzene rings is 1. The molecule has 21 heavy (non-hydrogen) atoms. The third kappa shape index (κ3) is 4.55. The van der Waals surface area contributed by atoms with Crippen molar-refractivity contribution in [2.75, 3.05) is 6.61 Å². The molecule has 1 aliphatic carbocycles. The predicted molar refractivity (Wildman–Crippen MR) is 89.5 cm³/mol. The lowest BCUT2D eigenvalue weighted by Crippen LogP contribution is -2.35. The number of rotatable bonds is 8. The van der Waals surface area contributed by atoms with Crippen LogP contribution in [0, 0.1) is 0 Å².